The molecule has 2 unspecified atom stereocenters. The molecule has 0 fully saturated rings. The molecule has 1 radical (unpaired) electrons. The fourth-order valence-electron chi connectivity index (χ4n) is 1.85. The highest BCUT2D eigenvalue weighted by atomic mass is 16.6. The van der Waals surface area contributed by atoms with Crippen LogP contribution in [0.2, 0.25) is 0 Å². The Bertz CT molecular complexity index is 461. The van der Waals surface area contributed by atoms with Gasteiger partial charge in [0.2, 0.25) is 11.5 Å². The molecule has 2 rings (SSSR count). The zero-order chi connectivity index (χ0) is 13.1. The molecule has 6 nitrogen and oxygen atoms in total. The lowest BCUT2D eigenvalue weighted by atomic mass is 10.0. The lowest BCUT2D eigenvalue weighted by Gasteiger charge is -2.27. The summed E-state index contributed by atoms with van der Waals surface area (Å²) in [5.41, 5.74) is 5.51. The Hall–Kier alpha value is -2.11. The molecule has 0 saturated heterocycles. The smallest absolute Gasteiger partial charge is 0.224 e. The first-order valence-corrected chi connectivity index (χ1v) is 5.68. The number of benzene rings is 1. The highest BCUT2D eigenvalue weighted by Crippen LogP contribution is 2.40. The van der Waals surface area contributed by atoms with E-state index >= 15 is 0 Å². The number of nitrogens with two attached hydrogens (primary N) is 1. The molecule has 1 aromatic carbocycles. The molecule has 1 aliphatic heterocycles. The summed E-state index contributed by atoms with van der Waals surface area (Å²) in [6, 6.07) is 4.75. The first kappa shape index (κ1) is 12.3. The van der Waals surface area contributed by atoms with Crippen LogP contribution in [-0.4, -0.2) is 23.8 Å². The van der Waals surface area contributed by atoms with E-state index in [1.54, 1.807) is 12.1 Å². The maximum Gasteiger partial charge on any atom is 0.224 e. The van der Waals surface area contributed by atoms with Crippen molar-refractivity contribution in [3.63, 3.8) is 0 Å². The second-order valence-corrected chi connectivity index (χ2v) is 4.30. The van der Waals surface area contributed by atoms with Gasteiger partial charge in [-0.1, -0.05) is 18.1 Å². The fourth-order valence-corrected chi connectivity index (χ4v) is 1.85. The van der Waals surface area contributed by atoms with Crippen LogP contribution in [0.15, 0.2) is 23.4 Å². The summed E-state index contributed by atoms with van der Waals surface area (Å²) in [5.74, 6) is 0.550. The van der Waals surface area contributed by atoms with Crippen molar-refractivity contribution >= 4 is 5.84 Å². The summed E-state index contributed by atoms with van der Waals surface area (Å²) >= 11 is 0. The third kappa shape index (κ3) is 2.42. The van der Waals surface area contributed by atoms with E-state index in [0.717, 1.165) is 0 Å². The molecule has 0 saturated carbocycles. The Labute approximate surface area is 105 Å². The van der Waals surface area contributed by atoms with Gasteiger partial charge in [0.15, 0.2) is 5.75 Å². The van der Waals surface area contributed by atoms with E-state index in [9.17, 15) is 5.11 Å². The van der Waals surface area contributed by atoms with Crippen molar-refractivity contribution < 1.29 is 19.8 Å². The number of amidine groups is 1. The van der Waals surface area contributed by atoms with Gasteiger partial charge in [-0.3, -0.25) is 5.11 Å². The van der Waals surface area contributed by atoms with E-state index in [2.05, 4.69) is 5.16 Å². The van der Waals surface area contributed by atoms with Gasteiger partial charge in [-0.25, -0.2) is 0 Å². The van der Waals surface area contributed by atoms with Crippen LogP contribution >= 0.6 is 0 Å². The van der Waals surface area contributed by atoms with Crippen molar-refractivity contribution in [1.82, 2.24) is 0 Å². The maximum absolute atomic E-state index is 11.5. The van der Waals surface area contributed by atoms with Crippen LogP contribution < -0.4 is 15.2 Å². The molecule has 1 heterocycles. The van der Waals surface area contributed by atoms with Gasteiger partial charge >= 0.3 is 0 Å². The predicted molar refractivity (Wildman–Crippen MR) is 63.7 cm³/mol. The second-order valence-electron chi connectivity index (χ2n) is 4.30. The van der Waals surface area contributed by atoms with E-state index in [4.69, 9.17) is 20.4 Å². The minimum absolute atomic E-state index is 0.124. The van der Waals surface area contributed by atoms with Crippen molar-refractivity contribution in [3.05, 3.63) is 18.2 Å². The molecule has 0 spiro atoms. The number of rotatable bonds is 3. The van der Waals surface area contributed by atoms with E-state index in [-0.39, 0.29) is 36.0 Å². The zero-order valence-corrected chi connectivity index (χ0v) is 10.00. The van der Waals surface area contributed by atoms with E-state index in [1.807, 2.05) is 6.92 Å². The van der Waals surface area contributed by atoms with Crippen LogP contribution in [0.25, 0.3) is 0 Å². The number of oxime groups is 1. The summed E-state index contributed by atoms with van der Waals surface area (Å²) in [5, 5.41) is 23.0. The van der Waals surface area contributed by atoms with Gasteiger partial charge in [0.1, 0.15) is 18.5 Å². The highest BCUT2D eigenvalue weighted by Gasteiger charge is 2.26. The quantitative estimate of drug-likeness (QED) is 0.370. The Kier molecular flexibility index (Phi) is 3.45. The van der Waals surface area contributed by atoms with Crippen molar-refractivity contribution in [1.29, 1.82) is 0 Å². The molecule has 0 aliphatic carbocycles. The molecule has 18 heavy (non-hydrogen) atoms. The normalized spacial score (nSPS) is 20.5. The predicted octanol–water partition coefficient (Wildman–Crippen LogP) is 1.74. The lowest BCUT2D eigenvalue weighted by molar-refractivity contribution is 0.0751. The third-order valence-electron chi connectivity index (χ3n) is 2.89. The number of hydrogen-bond donors (Lipinski definition) is 2. The number of para-hydroxylation sites is 1. The summed E-state index contributed by atoms with van der Waals surface area (Å²) < 4.78 is 11.1. The van der Waals surface area contributed by atoms with Crippen LogP contribution in [0, 0.1) is 5.92 Å². The largest absolute Gasteiger partial charge is 0.483 e. The average molecular weight is 251 g/mol. The van der Waals surface area contributed by atoms with Gasteiger partial charge < -0.3 is 20.4 Å². The number of hydrogen-bond acceptors (Lipinski definition) is 4. The summed E-state index contributed by atoms with van der Waals surface area (Å²) in [7, 11) is 0. The minimum Gasteiger partial charge on any atom is -0.483 e. The van der Waals surface area contributed by atoms with E-state index in [0.29, 0.717) is 12.2 Å². The van der Waals surface area contributed by atoms with Crippen LogP contribution in [0.5, 0.6) is 17.2 Å². The Morgan fingerprint density at radius 1 is 1.67 bits per heavy atom. The summed E-state index contributed by atoms with van der Waals surface area (Å²) in [6.45, 7) is 2.12. The number of fused-ring (bicyclic) bond motifs is 1. The topological polar surface area (TPSA) is 97.0 Å². The molecule has 0 amide bonds. The van der Waals surface area contributed by atoms with Gasteiger partial charge in [-0.15, -0.1) is 0 Å². The van der Waals surface area contributed by atoms with Gasteiger partial charge in [-0.05, 0) is 18.6 Å². The number of nitrogens with zero attached hydrogens (tertiary/aromatic N) is 1. The average Bonchev–Trinajstić information content (AvgIpc) is 2.38. The monoisotopic (exact) mass is 251 g/mol. The van der Waals surface area contributed by atoms with Crippen molar-refractivity contribution in [2.24, 2.45) is 16.8 Å². The van der Waals surface area contributed by atoms with Gasteiger partial charge in [-0.2, -0.15) is 0 Å². The second kappa shape index (κ2) is 5.03. The third-order valence-corrected chi connectivity index (χ3v) is 2.89. The van der Waals surface area contributed by atoms with Crippen LogP contribution in [0.3, 0.4) is 0 Å². The molecule has 1 aromatic rings. The van der Waals surface area contributed by atoms with Gasteiger partial charge in [0, 0.05) is 5.92 Å². The molecule has 3 N–H and O–H groups in total. The zero-order valence-electron chi connectivity index (χ0n) is 10.00. The van der Waals surface area contributed by atoms with Crippen molar-refractivity contribution in [3.8, 4) is 17.2 Å². The van der Waals surface area contributed by atoms with Crippen molar-refractivity contribution in [2.75, 3.05) is 6.61 Å². The first-order valence-electron chi connectivity index (χ1n) is 5.68. The Morgan fingerprint density at radius 2 is 2.44 bits per heavy atom. The summed E-state index contributed by atoms with van der Waals surface area (Å²) in [4.78, 5) is 0. The van der Waals surface area contributed by atoms with Crippen LogP contribution in [0.4, 0.5) is 0 Å². The molecule has 97 valence electrons. The molecular weight excluding hydrogens is 236 g/mol. The molecule has 6 heteroatoms. The van der Waals surface area contributed by atoms with E-state index < -0.39 is 0 Å². The van der Waals surface area contributed by atoms with Gasteiger partial charge in [0.05, 0.1) is 0 Å². The minimum atomic E-state index is -0.213. The molecule has 0 bridgehead atoms. The highest BCUT2D eigenvalue weighted by molar-refractivity contribution is 5.81. The van der Waals surface area contributed by atoms with E-state index in [1.165, 1.54) is 6.07 Å². The standard InChI is InChI=1S/C12H15N2O4/c1-7(12(13)14-16)5-8-6-17-11-9(15)3-2-4-10(11)18-8/h2-4,7-8,16H,5-6H2,1H3,(H2,13,14). The fraction of sp³-hybridized carbons (Fsp3) is 0.417. The summed E-state index contributed by atoms with van der Waals surface area (Å²) in [6.07, 6.45) is 0.341. The maximum atomic E-state index is 11.5. The molecule has 2 atom stereocenters. The lowest BCUT2D eigenvalue weighted by Crippen LogP contribution is -2.34. The van der Waals surface area contributed by atoms with Gasteiger partial charge in [0.25, 0.3) is 0 Å². The Balaban J connectivity index is 2.04. The first-order chi connectivity index (χ1) is 8.61. The number of ether oxygens (including phenoxy) is 2. The molecule has 0 aromatic heterocycles. The SMILES string of the molecule is CC(CC1COc2c([O])cccc2O1)C(N)=NO. The Morgan fingerprint density at radius 3 is 3.17 bits per heavy atom. The molecular formula is C12H15N2O4. The molecule has 1 aliphatic rings. The van der Waals surface area contributed by atoms with Crippen LogP contribution in [-0.2, 0) is 5.11 Å². The van der Waals surface area contributed by atoms with Crippen molar-refractivity contribution in [2.45, 2.75) is 19.4 Å². The van der Waals surface area contributed by atoms with Crippen LogP contribution in [0.1, 0.15) is 13.3 Å².